The van der Waals surface area contributed by atoms with Crippen molar-refractivity contribution in [1.82, 2.24) is 0 Å². The minimum atomic E-state index is -0.261. The number of thiophene rings is 4. The lowest BCUT2D eigenvalue weighted by atomic mass is 9.30. The molecular weight excluding hydrogens is 1460 g/mol. The highest BCUT2D eigenvalue weighted by Gasteiger charge is 2.50. The number of benzene rings is 17. The maximum atomic E-state index is 2.72. The molecule has 530 valence electrons. The van der Waals surface area contributed by atoms with Crippen molar-refractivity contribution in [2.45, 2.75) is 0 Å². The first-order chi connectivity index (χ1) is 56.6. The Morgan fingerprint density at radius 1 is 0.193 bits per heavy atom. The van der Waals surface area contributed by atoms with Crippen LogP contribution in [0.1, 0.15) is 0 Å². The second-order valence-electron chi connectivity index (χ2n) is 30.1. The van der Waals surface area contributed by atoms with Gasteiger partial charge < -0.3 is 29.4 Å². The summed E-state index contributed by atoms with van der Waals surface area (Å²) in [6, 6.07) is 143. The quantitative estimate of drug-likeness (QED) is 0.126. The Morgan fingerprint density at radius 2 is 0.500 bits per heavy atom. The Labute approximate surface area is 674 Å². The molecule has 4 aliphatic rings. The Balaban J connectivity index is 0.849. The van der Waals surface area contributed by atoms with E-state index in [1.807, 2.05) is 45.3 Å². The molecular formula is C102H62B2N6S4. The lowest BCUT2D eigenvalue weighted by molar-refractivity contribution is 1.22. The van der Waals surface area contributed by atoms with Gasteiger partial charge in [0.1, 0.15) is 0 Å². The topological polar surface area (TPSA) is 19.4 Å². The molecule has 21 aromatic rings. The van der Waals surface area contributed by atoms with Gasteiger partial charge in [-0.1, -0.05) is 212 Å². The molecule has 114 heavy (non-hydrogen) atoms. The molecule has 8 heterocycles. The van der Waals surface area contributed by atoms with E-state index in [1.165, 1.54) is 113 Å². The van der Waals surface area contributed by atoms with E-state index >= 15 is 0 Å². The molecule has 0 unspecified atom stereocenters. The molecule has 0 aliphatic carbocycles. The van der Waals surface area contributed by atoms with E-state index in [0.29, 0.717) is 0 Å². The summed E-state index contributed by atoms with van der Waals surface area (Å²) >= 11 is 7.50. The van der Waals surface area contributed by atoms with Gasteiger partial charge in [0.25, 0.3) is 13.4 Å². The Bertz CT molecular complexity index is 7430. The number of anilines is 18. The smallest absolute Gasteiger partial charge is 0.252 e. The minimum absolute atomic E-state index is 0.254. The van der Waals surface area contributed by atoms with Crippen LogP contribution in [0.4, 0.5) is 102 Å². The first-order valence-corrected chi connectivity index (χ1v) is 42.2. The van der Waals surface area contributed by atoms with Gasteiger partial charge in [0.2, 0.25) is 0 Å². The third-order valence-corrected chi connectivity index (χ3v) is 28.6. The predicted molar refractivity (Wildman–Crippen MR) is 495 cm³/mol. The van der Waals surface area contributed by atoms with E-state index in [2.05, 4.69) is 406 Å². The van der Waals surface area contributed by atoms with Crippen LogP contribution in [0.15, 0.2) is 376 Å². The summed E-state index contributed by atoms with van der Waals surface area (Å²) in [5.74, 6) is 0. The molecule has 0 amide bonds. The standard InChI is InChI=1S/C102H62B2N6S4/c1-5-29-63(30-6-1)105(64-31-7-2-8-32-64)67-57-86-102-87(58-67)109(81-47-27-55-95-99(81)71-39-15-23-51-91(71)113-95)84-62-83-75(61-76(84)104(102)74-42-18-20-44-78(74)108(86)80-46-26-54-94-98(80)70-38-14-22-50-90(70)112-94)103-73-41-17-19-43-77(73)107(66-35-11-4-12-36-66)85-59-68(60-88(101(85)103)110(83)82-48-28-56-96-100(82)72-40-16-24-52-92(72)114-96)106(65-33-9-3-10-34-65)79-45-25-53-93-97(79)69-37-13-21-49-89(69)111-93/h1-62H. The highest BCUT2D eigenvalue weighted by molar-refractivity contribution is 7.27. The van der Waals surface area contributed by atoms with E-state index < -0.39 is 0 Å². The molecule has 4 aromatic heterocycles. The largest absolute Gasteiger partial charge is 0.311 e. The molecule has 0 saturated heterocycles. The summed E-state index contributed by atoms with van der Waals surface area (Å²) in [5, 5.41) is 9.92. The van der Waals surface area contributed by atoms with E-state index in [9.17, 15) is 0 Å². The van der Waals surface area contributed by atoms with Crippen LogP contribution in [0.25, 0.3) is 80.7 Å². The lowest BCUT2D eigenvalue weighted by Crippen LogP contribution is -2.65. The molecule has 25 rings (SSSR count). The highest BCUT2D eigenvalue weighted by Crippen LogP contribution is 2.57. The van der Waals surface area contributed by atoms with Gasteiger partial charge >= 0.3 is 0 Å². The van der Waals surface area contributed by atoms with Crippen molar-refractivity contribution in [2.75, 3.05) is 29.4 Å². The van der Waals surface area contributed by atoms with E-state index in [-0.39, 0.29) is 13.4 Å². The Hall–Kier alpha value is -13.5. The van der Waals surface area contributed by atoms with Crippen molar-refractivity contribution in [1.29, 1.82) is 0 Å². The van der Waals surface area contributed by atoms with E-state index in [0.717, 1.165) is 102 Å². The molecule has 0 spiro atoms. The lowest BCUT2D eigenvalue weighted by Gasteiger charge is -2.48. The van der Waals surface area contributed by atoms with Crippen molar-refractivity contribution in [3.05, 3.63) is 376 Å². The van der Waals surface area contributed by atoms with Crippen molar-refractivity contribution in [2.24, 2.45) is 0 Å². The second-order valence-corrected chi connectivity index (χ2v) is 34.4. The SMILES string of the molecule is c1ccc(N(c2ccccc2)c2cc3c4c(c2)N(c2cccc5sc6ccccc6c25)c2cc5c(cc2B4c2ccccc2N3c2cccc3sc4ccccc4c23)B2c3ccccc3N(c3ccccc3)c3cc(N(c4ccccc4)c4cccc6sc7ccccc7c46)cc(c32)N5c2cccc3sc4ccccc4c23)cc1. The van der Waals surface area contributed by atoms with Crippen LogP contribution >= 0.6 is 45.3 Å². The van der Waals surface area contributed by atoms with Gasteiger partial charge in [-0.25, -0.2) is 0 Å². The molecule has 0 N–H and O–H groups in total. The van der Waals surface area contributed by atoms with Crippen molar-refractivity contribution in [3.63, 3.8) is 0 Å². The number of fused-ring (bicyclic) bond motifs is 20. The van der Waals surface area contributed by atoms with Gasteiger partial charge in [-0.05, 0) is 197 Å². The summed E-state index contributed by atoms with van der Waals surface area (Å²) in [6.07, 6.45) is 0. The van der Waals surface area contributed by atoms with Crippen LogP contribution in [0, 0.1) is 0 Å². The fourth-order valence-corrected chi connectivity index (χ4v) is 24.1. The van der Waals surface area contributed by atoms with Gasteiger partial charge in [0.15, 0.2) is 0 Å². The summed E-state index contributed by atoms with van der Waals surface area (Å²) in [4.78, 5) is 15.7. The van der Waals surface area contributed by atoms with Crippen LogP contribution in [0.2, 0.25) is 0 Å². The number of hydrogen-bond acceptors (Lipinski definition) is 10. The van der Waals surface area contributed by atoms with Crippen LogP contribution in [0.5, 0.6) is 0 Å². The molecule has 0 atom stereocenters. The van der Waals surface area contributed by atoms with Gasteiger partial charge in [0, 0.05) is 149 Å². The van der Waals surface area contributed by atoms with Gasteiger partial charge in [0.05, 0.1) is 34.1 Å². The minimum Gasteiger partial charge on any atom is -0.311 e. The number of nitrogens with zero attached hydrogens (tertiary/aromatic N) is 6. The van der Waals surface area contributed by atoms with Crippen molar-refractivity contribution < 1.29 is 0 Å². The Kier molecular flexibility index (Phi) is 14.1. The van der Waals surface area contributed by atoms with Crippen LogP contribution in [-0.4, -0.2) is 13.4 Å². The summed E-state index contributed by atoms with van der Waals surface area (Å²) in [5.41, 5.74) is 27.5. The van der Waals surface area contributed by atoms with E-state index in [4.69, 9.17) is 0 Å². The van der Waals surface area contributed by atoms with Crippen LogP contribution in [-0.2, 0) is 0 Å². The average Bonchev–Trinajstić information content (AvgIpc) is 0.893. The molecule has 6 nitrogen and oxygen atoms in total. The summed E-state index contributed by atoms with van der Waals surface area (Å²) in [7, 11) is 0. The predicted octanol–water partition coefficient (Wildman–Crippen LogP) is 26.3. The fourth-order valence-electron chi connectivity index (χ4n) is 19.6. The summed E-state index contributed by atoms with van der Waals surface area (Å²) in [6.45, 7) is -0.515. The Morgan fingerprint density at radius 3 is 0.939 bits per heavy atom. The van der Waals surface area contributed by atoms with Crippen LogP contribution in [0.3, 0.4) is 0 Å². The maximum absolute atomic E-state index is 2.72. The third kappa shape index (κ3) is 9.36. The zero-order valence-corrected chi connectivity index (χ0v) is 64.5. The number of hydrogen-bond donors (Lipinski definition) is 0. The number of para-hydroxylation sites is 6. The fraction of sp³-hybridized carbons (Fsp3) is 0. The normalized spacial score (nSPS) is 13.2. The molecule has 17 aromatic carbocycles. The zero-order chi connectivity index (χ0) is 74.4. The van der Waals surface area contributed by atoms with Crippen molar-refractivity contribution in [3.8, 4) is 0 Å². The highest BCUT2D eigenvalue weighted by atomic mass is 32.1. The first-order valence-electron chi connectivity index (χ1n) is 38.9. The second kappa shape index (κ2) is 25.0. The van der Waals surface area contributed by atoms with E-state index in [1.54, 1.807) is 0 Å². The molecule has 0 radical (unpaired) electrons. The third-order valence-electron chi connectivity index (χ3n) is 24.1. The number of rotatable bonds is 10. The summed E-state index contributed by atoms with van der Waals surface area (Å²) < 4.78 is 10.0. The molecule has 0 fully saturated rings. The van der Waals surface area contributed by atoms with Gasteiger partial charge in [-0.3, -0.25) is 0 Å². The maximum Gasteiger partial charge on any atom is 0.252 e. The molecule has 12 heteroatoms. The van der Waals surface area contributed by atoms with Gasteiger partial charge in [-0.2, -0.15) is 0 Å². The van der Waals surface area contributed by atoms with Crippen molar-refractivity contribution >= 4 is 275 Å². The van der Waals surface area contributed by atoms with Gasteiger partial charge in [-0.15, -0.1) is 45.3 Å². The van der Waals surface area contributed by atoms with Crippen LogP contribution < -0.4 is 62.2 Å². The molecule has 0 saturated carbocycles. The molecule has 4 aliphatic heterocycles. The molecule has 0 bridgehead atoms. The monoisotopic (exact) mass is 1520 g/mol. The zero-order valence-electron chi connectivity index (χ0n) is 61.3. The average molecular weight is 1520 g/mol. The first kappa shape index (κ1) is 64.2.